The van der Waals surface area contributed by atoms with Crippen LogP contribution in [0.3, 0.4) is 0 Å². The third-order valence-electron chi connectivity index (χ3n) is 3.88. The lowest BCUT2D eigenvalue weighted by Gasteiger charge is -2.11. The van der Waals surface area contributed by atoms with E-state index in [9.17, 15) is 4.79 Å². The number of rotatable bonds is 3. The molecule has 0 spiro atoms. The van der Waals surface area contributed by atoms with Crippen LogP contribution in [0.25, 0.3) is 0 Å². The zero-order valence-corrected chi connectivity index (χ0v) is 13.9. The van der Waals surface area contributed by atoms with Gasteiger partial charge in [0.15, 0.2) is 0 Å². The Balaban J connectivity index is 1.59. The van der Waals surface area contributed by atoms with Crippen LogP contribution >= 0.6 is 23.2 Å². The summed E-state index contributed by atoms with van der Waals surface area (Å²) in [5.74, 6) is 0.564. The molecule has 2 aromatic rings. The van der Waals surface area contributed by atoms with Gasteiger partial charge in [0.2, 0.25) is 0 Å². The molecule has 4 nitrogen and oxygen atoms in total. The molecule has 1 fully saturated rings. The molecule has 0 saturated carbocycles. The minimum absolute atomic E-state index is 0.321. The molecule has 6 heteroatoms. The van der Waals surface area contributed by atoms with Crippen LogP contribution in [0.4, 0.5) is 16.2 Å². The molecule has 1 heterocycles. The summed E-state index contributed by atoms with van der Waals surface area (Å²) in [7, 11) is 0. The van der Waals surface area contributed by atoms with Crippen LogP contribution in [0, 0.1) is 0 Å². The van der Waals surface area contributed by atoms with Crippen LogP contribution in [0.15, 0.2) is 42.5 Å². The number of benzene rings is 2. The van der Waals surface area contributed by atoms with Crippen LogP contribution in [-0.2, 0) is 0 Å². The number of hydrogen-bond acceptors (Lipinski definition) is 2. The van der Waals surface area contributed by atoms with Gasteiger partial charge in [-0.3, -0.25) is 0 Å². The van der Waals surface area contributed by atoms with Gasteiger partial charge in [-0.15, -0.1) is 0 Å². The maximum absolute atomic E-state index is 12.0. The average Bonchev–Trinajstić information content (AvgIpc) is 3.06. The molecule has 1 aliphatic heterocycles. The maximum Gasteiger partial charge on any atom is 0.323 e. The van der Waals surface area contributed by atoms with Crippen molar-refractivity contribution in [1.29, 1.82) is 0 Å². The van der Waals surface area contributed by atoms with Crippen LogP contribution in [-0.4, -0.2) is 19.1 Å². The fourth-order valence-corrected chi connectivity index (χ4v) is 2.94. The first-order chi connectivity index (χ1) is 11.1. The Kier molecular flexibility index (Phi) is 5.06. The van der Waals surface area contributed by atoms with Crippen molar-refractivity contribution < 1.29 is 4.79 Å². The maximum atomic E-state index is 12.0. The van der Waals surface area contributed by atoms with Crippen molar-refractivity contribution in [1.82, 2.24) is 5.32 Å². The Morgan fingerprint density at radius 3 is 2.35 bits per heavy atom. The molecular formula is C17H17Cl2N3O. The second-order valence-corrected chi connectivity index (χ2v) is 6.33. The molecule has 1 aliphatic rings. The summed E-state index contributed by atoms with van der Waals surface area (Å²) < 4.78 is 0. The topological polar surface area (TPSA) is 53.2 Å². The molecule has 0 radical (unpaired) electrons. The number of nitrogens with one attached hydrogen (secondary N) is 3. The molecule has 1 saturated heterocycles. The van der Waals surface area contributed by atoms with E-state index >= 15 is 0 Å². The molecule has 1 atom stereocenters. The van der Waals surface area contributed by atoms with Gasteiger partial charge in [0.1, 0.15) is 0 Å². The highest BCUT2D eigenvalue weighted by Gasteiger charge is 2.16. The first-order valence-corrected chi connectivity index (χ1v) is 8.21. The molecule has 0 aromatic heterocycles. The summed E-state index contributed by atoms with van der Waals surface area (Å²) in [5, 5.41) is 9.73. The fraction of sp³-hybridized carbons (Fsp3) is 0.235. The number of urea groups is 1. The molecule has 120 valence electrons. The molecule has 0 bridgehead atoms. The van der Waals surface area contributed by atoms with Gasteiger partial charge in [-0.05, 0) is 54.8 Å². The molecular weight excluding hydrogens is 333 g/mol. The summed E-state index contributed by atoms with van der Waals surface area (Å²) in [6, 6.07) is 12.6. The molecule has 23 heavy (non-hydrogen) atoms. The van der Waals surface area contributed by atoms with E-state index in [0.29, 0.717) is 21.7 Å². The SMILES string of the molecule is O=C(Nc1ccc([C@@H]2CCNC2)cc1)Nc1ccc(Cl)c(Cl)c1. The highest BCUT2D eigenvalue weighted by Crippen LogP contribution is 2.26. The average molecular weight is 350 g/mol. The Labute approximate surface area is 145 Å². The largest absolute Gasteiger partial charge is 0.323 e. The smallest absolute Gasteiger partial charge is 0.316 e. The normalized spacial score (nSPS) is 17.0. The number of anilines is 2. The van der Waals surface area contributed by atoms with Crippen LogP contribution in [0.1, 0.15) is 17.9 Å². The summed E-state index contributed by atoms with van der Waals surface area (Å²) in [6.07, 6.45) is 1.16. The zero-order chi connectivity index (χ0) is 16.2. The van der Waals surface area contributed by atoms with Crippen molar-refractivity contribution >= 4 is 40.6 Å². The van der Waals surface area contributed by atoms with Crippen LogP contribution < -0.4 is 16.0 Å². The van der Waals surface area contributed by atoms with Crippen molar-refractivity contribution in [2.24, 2.45) is 0 Å². The third-order valence-corrected chi connectivity index (χ3v) is 4.62. The van der Waals surface area contributed by atoms with E-state index in [1.54, 1.807) is 18.2 Å². The van der Waals surface area contributed by atoms with Gasteiger partial charge in [0.25, 0.3) is 0 Å². The molecule has 0 aliphatic carbocycles. The lowest BCUT2D eigenvalue weighted by Crippen LogP contribution is -2.19. The predicted molar refractivity (Wildman–Crippen MR) is 95.8 cm³/mol. The number of carbonyl (C=O) groups excluding carboxylic acids is 1. The van der Waals surface area contributed by atoms with Crippen LogP contribution in [0.5, 0.6) is 0 Å². The minimum atomic E-state index is -0.321. The number of halogens is 2. The zero-order valence-electron chi connectivity index (χ0n) is 12.4. The van der Waals surface area contributed by atoms with Gasteiger partial charge < -0.3 is 16.0 Å². The summed E-state index contributed by atoms with van der Waals surface area (Å²) in [5.41, 5.74) is 2.63. The van der Waals surface area contributed by atoms with Gasteiger partial charge in [-0.1, -0.05) is 35.3 Å². The van der Waals surface area contributed by atoms with E-state index in [1.807, 2.05) is 12.1 Å². The van der Waals surface area contributed by atoms with E-state index in [2.05, 4.69) is 28.1 Å². The van der Waals surface area contributed by atoms with Gasteiger partial charge in [0, 0.05) is 17.9 Å². The Bertz CT molecular complexity index is 697. The van der Waals surface area contributed by atoms with Crippen LogP contribution in [0.2, 0.25) is 10.0 Å². The van der Waals surface area contributed by atoms with Gasteiger partial charge in [-0.25, -0.2) is 4.79 Å². The lowest BCUT2D eigenvalue weighted by atomic mass is 9.98. The van der Waals surface area contributed by atoms with Crippen molar-refractivity contribution in [3.63, 3.8) is 0 Å². The van der Waals surface area contributed by atoms with Crippen molar-refractivity contribution in [3.8, 4) is 0 Å². The highest BCUT2D eigenvalue weighted by atomic mass is 35.5. The van der Waals surface area contributed by atoms with Gasteiger partial charge >= 0.3 is 6.03 Å². The first-order valence-electron chi connectivity index (χ1n) is 7.45. The number of hydrogen-bond donors (Lipinski definition) is 3. The van der Waals surface area contributed by atoms with E-state index in [-0.39, 0.29) is 6.03 Å². The second-order valence-electron chi connectivity index (χ2n) is 5.52. The monoisotopic (exact) mass is 349 g/mol. The molecule has 3 rings (SSSR count). The quantitative estimate of drug-likeness (QED) is 0.751. The van der Waals surface area contributed by atoms with Crippen molar-refractivity contribution in [3.05, 3.63) is 58.1 Å². The van der Waals surface area contributed by atoms with Gasteiger partial charge in [-0.2, -0.15) is 0 Å². The highest BCUT2D eigenvalue weighted by molar-refractivity contribution is 6.42. The number of amides is 2. The minimum Gasteiger partial charge on any atom is -0.316 e. The Morgan fingerprint density at radius 2 is 1.70 bits per heavy atom. The third kappa shape index (κ3) is 4.16. The molecule has 2 amide bonds. The summed E-state index contributed by atoms with van der Waals surface area (Å²) in [4.78, 5) is 12.0. The van der Waals surface area contributed by atoms with E-state index in [4.69, 9.17) is 23.2 Å². The summed E-state index contributed by atoms with van der Waals surface area (Å²) in [6.45, 7) is 2.08. The van der Waals surface area contributed by atoms with Crippen molar-refractivity contribution in [2.75, 3.05) is 23.7 Å². The van der Waals surface area contributed by atoms with E-state index < -0.39 is 0 Å². The Morgan fingerprint density at radius 1 is 1.00 bits per heavy atom. The van der Waals surface area contributed by atoms with Crippen molar-refractivity contribution in [2.45, 2.75) is 12.3 Å². The summed E-state index contributed by atoms with van der Waals surface area (Å²) >= 11 is 11.8. The molecule has 0 unspecified atom stereocenters. The lowest BCUT2D eigenvalue weighted by molar-refractivity contribution is 0.262. The first kappa shape index (κ1) is 16.1. The fourth-order valence-electron chi connectivity index (χ4n) is 2.65. The van der Waals surface area contributed by atoms with Gasteiger partial charge in [0.05, 0.1) is 10.0 Å². The van der Waals surface area contributed by atoms with E-state index in [1.165, 1.54) is 5.56 Å². The predicted octanol–water partition coefficient (Wildman–Crippen LogP) is 4.71. The Hall–Kier alpha value is -1.75. The molecule has 2 aromatic carbocycles. The standard InChI is InChI=1S/C17H17Cl2N3O/c18-15-6-5-14(9-16(15)19)22-17(23)21-13-3-1-11(2-4-13)12-7-8-20-10-12/h1-6,9,12,20H,7-8,10H2,(H2,21,22,23)/t12-/m1/s1. The second kappa shape index (κ2) is 7.21. The molecule has 3 N–H and O–H groups in total. The van der Waals surface area contributed by atoms with E-state index in [0.717, 1.165) is 25.2 Å². The number of carbonyl (C=O) groups is 1.